The third-order valence-electron chi connectivity index (χ3n) is 4.34. The molecular weight excluding hydrogens is 382 g/mol. The molecule has 0 fully saturated rings. The molecule has 9 heteroatoms. The van der Waals surface area contributed by atoms with E-state index in [4.69, 9.17) is 0 Å². The van der Waals surface area contributed by atoms with Crippen LogP contribution in [0.2, 0.25) is 0 Å². The second-order valence-electron chi connectivity index (χ2n) is 6.70. The Morgan fingerprint density at radius 1 is 1.11 bits per heavy atom. The van der Waals surface area contributed by atoms with Crippen molar-refractivity contribution in [1.29, 1.82) is 0 Å². The zero-order valence-corrected chi connectivity index (χ0v) is 16.7. The molecule has 2 aromatic rings. The number of nitrogens with one attached hydrogen (secondary N) is 1. The van der Waals surface area contributed by atoms with Gasteiger partial charge in [0.15, 0.2) is 0 Å². The van der Waals surface area contributed by atoms with Gasteiger partial charge in [-0.05, 0) is 31.0 Å². The van der Waals surface area contributed by atoms with E-state index in [0.29, 0.717) is 0 Å². The maximum Gasteiger partial charge on any atom is 0.271 e. The van der Waals surface area contributed by atoms with E-state index < -0.39 is 27.4 Å². The molecule has 0 aromatic heterocycles. The van der Waals surface area contributed by atoms with Gasteiger partial charge in [-0.1, -0.05) is 38.1 Å². The first kappa shape index (κ1) is 21.4. The standard InChI is InChI=1S/C19H23N3O5S/c1-14(2)15(3)20-19(23)13-21(16-8-7-9-17(12-16)22(24)25)28(26,27)18-10-5-4-6-11-18/h4-12,14-15H,13H2,1-3H3,(H,20,23). The molecule has 8 nitrogen and oxygen atoms in total. The van der Waals surface area contributed by atoms with Crippen LogP contribution in [0.4, 0.5) is 11.4 Å². The number of hydrogen-bond donors (Lipinski definition) is 1. The molecule has 150 valence electrons. The lowest BCUT2D eigenvalue weighted by Gasteiger charge is -2.25. The smallest absolute Gasteiger partial charge is 0.271 e. The number of anilines is 1. The predicted octanol–water partition coefficient (Wildman–Crippen LogP) is 2.95. The van der Waals surface area contributed by atoms with Gasteiger partial charge in [0.2, 0.25) is 5.91 Å². The summed E-state index contributed by atoms with van der Waals surface area (Å²) in [5, 5.41) is 13.9. The van der Waals surface area contributed by atoms with Gasteiger partial charge in [0.1, 0.15) is 6.54 Å². The number of sulfonamides is 1. The van der Waals surface area contributed by atoms with Crippen molar-refractivity contribution in [3.8, 4) is 0 Å². The molecule has 0 bridgehead atoms. The van der Waals surface area contributed by atoms with E-state index in [1.54, 1.807) is 18.2 Å². The van der Waals surface area contributed by atoms with Crippen molar-refractivity contribution in [3.05, 3.63) is 64.7 Å². The van der Waals surface area contributed by atoms with E-state index >= 15 is 0 Å². The number of amides is 1. The average Bonchev–Trinajstić information content (AvgIpc) is 2.66. The molecule has 0 saturated heterocycles. The molecule has 0 aliphatic heterocycles. The Balaban J connectivity index is 2.46. The number of rotatable bonds is 8. The van der Waals surface area contributed by atoms with Gasteiger partial charge < -0.3 is 5.32 Å². The molecular formula is C19H23N3O5S. The number of carbonyl (C=O) groups excluding carboxylic acids is 1. The molecule has 0 spiro atoms. The summed E-state index contributed by atoms with van der Waals surface area (Å²) in [6.45, 7) is 5.20. The Morgan fingerprint density at radius 3 is 2.32 bits per heavy atom. The summed E-state index contributed by atoms with van der Waals surface area (Å²) in [5.41, 5.74) is -0.216. The van der Waals surface area contributed by atoms with Gasteiger partial charge >= 0.3 is 0 Å². The highest BCUT2D eigenvalue weighted by Gasteiger charge is 2.28. The first-order chi connectivity index (χ1) is 13.1. The fourth-order valence-corrected chi connectivity index (χ4v) is 3.83. The lowest BCUT2D eigenvalue weighted by atomic mass is 10.1. The van der Waals surface area contributed by atoms with Crippen LogP contribution in [0.3, 0.4) is 0 Å². The van der Waals surface area contributed by atoms with Gasteiger partial charge in [0.05, 0.1) is 15.5 Å². The van der Waals surface area contributed by atoms with Gasteiger partial charge in [-0.25, -0.2) is 8.42 Å². The first-order valence-electron chi connectivity index (χ1n) is 8.74. The highest BCUT2D eigenvalue weighted by molar-refractivity contribution is 7.92. The summed E-state index contributed by atoms with van der Waals surface area (Å²) in [4.78, 5) is 23.0. The number of hydrogen-bond acceptors (Lipinski definition) is 5. The van der Waals surface area contributed by atoms with E-state index in [9.17, 15) is 23.3 Å². The molecule has 1 N–H and O–H groups in total. The first-order valence-corrected chi connectivity index (χ1v) is 10.2. The Morgan fingerprint density at radius 2 is 1.75 bits per heavy atom. The molecule has 2 rings (SSSR count). The molecule has 2 aromatic carbocycles. The normalized spacial score (nSPS) is 12.4. The van der Waals surface area contributed by atoms with Crippen LogP contribution < -0.4 is 9.62 Å². The van der Waals surface area contributed by atoms with Crippen LogP contribution in [0.5, 0.6) is 0 Å². The molecule has 0 aliphatic rings. The quantitative estimate of drug-likeness (QED) is 0.536. The Hall–Kier alpha value is -2.94. The van der Waals surface area contributed by atoms with Crippen molar-refractivity contribution in [1.82, 2.24) is 5.32 Å². The number of non-ortho nitro benzene ring substituents is 1. The lowest BCUT2D eigenvalue weighted by molar-refractivity contribution is -0.384. The molecule has 1 unspecified atom stereocenters. The molecule has 0 aliphatic carbocycles. The molecule has 0 radical (unpaired) electrons. The van der Waals surface area contributed by atoms with E-state index in [2.05, 4.69) is 5.32 Å². The summed E-state index contributed by atoms with van der Waals surface area (Å²) in [6.07, 6.45) is 0. The number of benzene rings is 2. The predicted molar refractivity (Wildman–Crippen MR) is 107 cm³/mol. The van der Waals surface area contributed by atoms with E-state index in [1.165, 1.54) is 30.3 Å². The van der Waals surface area contributed by atoms with Crippen molar-refractivity contribution in [2.24, 2.45) is 5.92 Å². The monoisotopic (exact) mass is 405 g/mol. The third kappa shape index (κ3) is 5.07. The van der Waals surface area contributed by atoms with Crippen LogP contribution in [0, 0.1) is 16.0 Å². The van der Waals surface area contributed by atoms with Crippen molar-refractivity contribution in [2.75, 3.05) is 10.8 Å². The molecule has 1 atom stereocenters. The van der Waals surface area contributed by atoms with Crippen molar-refractivity contribution < 1.29 is 18.1 Å². The zero-order chi connectivity index (χ0) is 20.9. The maximum atomic E-state index is 13.1. The van der Waals surface area contributed by atoms with Gasteiger partial charge in [-0.2, -0.15) is 0 Å². The van der Waals surface area contributed by atoms with Gasteiger partial charge in [0, 0.05) is 18.2 Å². The molecule has 1 amide bonds. The summed E-state index contributed by atoms with van der Waals surface area (Å²) in [5.74, 6) is -0.326. The molecule has 0 heterocycles. The SMILES string of the molecule is CC(C)C(C)NC(=O)CN(c1cccc([N+](=O)[O-])c1)S(=O)(=O)c1ccccc1. The fraction of sp³-hybridized carbons (Fsp3) is 0.316. The Bertz CT molecular complexity index is 945. The van der Waals surface area contributed by atoms with Crippen molar-refractivity contribution >= 4 is 27.3 Å². The van der Waals surface area contributed by atoms with E-state index in [1.807, 2.05) is 20.8 Å². The van der Waals surface area contributed by atoms with Crippen LogP contribution in [0.1, 0.15) is 20.8 Å². The van der Waals surface area contributed by atoms with Crippen LogP contribution >= 0.6 is 0 Å². The van der Waals surface area contributed by atoms with Crippen LogP contribution in [-0.4, -0.2) is 31.8 Å². The highest BCUT2D eigenvalue weighted by Crippen LogP contribution is 2.26. The summed E-state index contributed by atoms with van der Waals surface area (Å²) < 4.78 is 27.2. The summed E-state index contributed by atoms with van der Waals surface area (Å²) in [6, 6.07) is 12.7. The Kier molecular flexibility index (Phi) is 6.74. The summed E-state index contributed by atoms with van der Waals surface area (Å²) >= 11 is 0. The van der Waals surface area contributed by atoms with Gasteiger partial charge in [-0.15, -0.1) is 0 Å². The van der Waals surface area contributed by atoms with E-state index in [-0.39, 0.29) is 28.2 Å². The lowest BCUT2D eigenvalue weighted by Crippen LogP contribution is -2.45. The Labute approximate surface area is 164 Å². The maximum absolute atomic E-state index is 13.1. The zero-order valence-electron chi connectivity index (χ0n) is 15.9. The van der Waals surface area contributed by atoms with Crippen molar-refractivity contribution in [2.45, 2.75) is 31.7 Å². The fourth-order valence-electron chi connectivity index (χ4n) is 2.39. The number of carbonyl (C=O) groups is 1. The summed E-state index contributed by atoms with van der Waals surface area (Å²) in [7, 11) is -4.10. The highest BCUT2D eigenvalue weighted by atomic mass is 32.2. The average molecular weight is 405 g/mol. The third-order valence-corrected chi connectivity index (χ3v) is 6.12. The van der Waals surface area contributed by atoms with Crippen LogP contribution in [0.15, 0.2) is 59.5 Å². The molecule has 0 saturated carbocycles. The molecule has 28 heavy (non-hydrogen) atoms. The topological polar surface area (TPSA) is 110 Å². The van der Waals surface area contributed by atoms with E-state index in [0.717, 1.165) is 10.4 Å². The minimum atomic E-state index is -4.10. The second-order valence-corrected chi connectivity index (χ2v) is 8.56. The number of nitrogens with zero attached hydrogens (tertiary/aromatic N) is 2. The minimum Gasteiger partial charge on any atom is -0.352 e. The largest absolute Gasteiger partial charge is 0.352 e. The number of nitro benzene ring substituents is 1. The van der Waals surface area contributed by atoms with Crippen LogP contribution in [-0.2, 0) is 14.8 Å². The van der Waals surface area contributed by atoms with Crippen molar-refractivity contribution in [3.63, 3.8) is 0 Å². The van der Waals surface area contributed by atoms with Crippen LogP contribution in [0.25, 0.3) is 0 Å². The van der Waals surface area contributed by atoms with Gasteiger partial charge in [0.25, 0.3) is 15.7 Å². The minimum absolute atomic E-state index is 0.00814. The number of nitro groups is 1. The van der Waals surface area contributed by atoms with Gasteiger partial charge in [-0.3, -0.25) is 19.2 Å². The second kappa shape index (κ2) is 8.83.